The molecule has 1 aliphatic heterocycles. The number of nitrogens with one attached hydrogen (secondary N) is 2. The predicted octanol–water partition coefficient (Wildman–Crippen LogP) is 2.02. The molecular formula is C25H26N2NaO7S2. The van der Waals surface area contributed by atoms with Gasteiger partial charge in [-0.15, -0.1) is 0 Å². The first-order valence-electron chi connectivity index (χ1n) is 11.3. The zero-order chi connectivity index (χ0) is 26.4. The standard InChI is InChI=1S/C25H26N2O7S2.Na/c1-5-26-20-12-22-18(9-14(20)3)25(19-10-15(4)21(27-6-2)13-23(19)34-22)17-8-7-16(35(28,29)30)11-24(17)36(31,32)33;/h7-13,26H,5-6H2,1-4H3,(H,28,29,30)(H,31,32,33);. The van der Waals surface area contributed by atoms with E-state index in [1.165, 1.54) is 6.07 Å². The molecule has 0 aromatic heterocycles. The van der Waals surface area contributed by atoms with Crippen LogP contribution in [0.1, 0.15) is 25.0 Å². The number of fused-ring (bicyclic) bond motifs is 2. The maximum Gasteiger partial charge on any atom is 0.294 e. The van der Waals surface area contributed by atoms with Crippen LogP contribution in [0.25, 0.3) is 33.4 Å². The molecule has 2 aliphatic rings. The van der Waals surface area contributed by atoms with Crippen LogP contribution in [0.5, 0.6) is 0 Å². The van der Waals surface area contributed by atoms with Gasteiger partial charge in [0.25, 0.3) is 10.1 Å². The molecule has 1 aliphatic carbocycles. The minimum Gasteiger partial charge on any atom is -0.744 e. The Kier molecular flexibility index (Phi) is 8.60. The van der Waals surface area contributed by atoms with E-state index < -0.39 is 30.0 Å². The summed E-state index contributed by atoms with van der Waals surface area (Å²) in [4.78, 5) is 1.82. The van der Waals surface area contributed by atoms with Crippen LogP contribution in [0.15, 0.2) is 56.7 Å². The zero-order valence-corrected chi connectivity index (χ0v) is 24.8. The first kappa shape index (κ1) is 29.3. The topological polar surface area (TPSA) is 151 Å². The molecule has 0 fully saturated rings. The van der Waals surface area contributed by atoms with E-state index >= 15 is 0 Å². The van der Waals surface area contributed by atoms with Crippen molar-refractivity contribution in [1.82, 2.24) is 0 Å². The fourth-order valence-corrected chi connectivity index (χ4v) is 5.62. The maximum absolute atomic E-state index is 12.3. The molecule has 191 valence electrons. The SMILES string of the molecule is CCNc1cc2oc3cc(=[NH+]CC)c(C)cc-3c(-c3ccc(S(=O)(=O)O)cc3S(=O)(=O)[O-])c2cc1C.[Na]. The van der Waals surface area contributed by atoms with Gasteiger partial charge in [0.2, 0.25) is 5.36 Å². The van der Waals surface area contributed by atoms with Gasteiger partial charge in [0.1, 0.15) is 28.0 Å². The van der Waals surface area contributed by atoms with E-state index in [9.17, 15) is 25.9 Å². The number of aryl methyl sites for hydroxylation is 2. The summed E-state index contributed by atoms with van der Waals surface area (Å²) in [5.41, 5.74) is 3.95. The van der Waals surface area contributed by atoms with Crippen molar-refractivity contribution in [3.05, 3.63) is 58.9 Å². The first-order chi connectivity index (χ1) is 16.8. The minimum absolute atomic E-state index is 0. The predicted molar refractivity (Wildman–Crippen MR) is 140 cm³/mol. The monoisotopic (exact) mass is 553 g/mol. The Morgan fingerprint density at radius 1 is 0.973 bits per heavy atom. The average Bonchev–Trinajstić information content (AvgIpc) is 2.78. The second-order valence-electron chi connectivity index (χ2n) is 8.45. The van der Waals surface area contributed by atoms with Gasteiger partial charge in [-0.25, -0.2) is 13.4 Å². The second-order valence-corrected chi connectivity index (χ2v) is 11.2. The normalized spacial score (nSPS) is 12.6. The van der Waals surface area contributed by atoms with Gasteiger partial charge >= 0.3 is 0 Å². The van der Waals surface area contributed by atoms with Crippen molar-refractivity contribution in [2.45, 2.75) is 37.5 Å². The molecule has 4 rings (SSSR count). The van der Waals surface area contributed by atoms with E-state index in [0.717, 1.165) is 28.2 Å². The summed E-state index contributed by atoms with van der Waals surface area (Å²) in [7, 11) is -9.88. The molecule has 1 radical (unpaired) electrons. The summed E-state index contributed by atoms with van der Waals surface area (Å²) < 4.78 is 76.1. The van der Waals surface area contributed by atoms with Crippen LogP contribution in [-0.4, -0.2) is 68.6 Å². The van der Waals surface area contributed by atoms with Crippen LogP contribution in [0.3, 0.4) is 0 Å². The number of benzene rings is 3. The summed E-state index contributed by atoms with van der Waals surface area (Å²) in [6.45, 7) is 9.04. The largest absolute Gasteiger partial charge is 0.744 e. The summed E-state index contributed by atoms with van der Waals surface area (Å²) in [5.74, 6) is 0.443. The van der Waals surface area contributed by atoms with E-state index in [1.54, 1.807) is 0 Å². The average molecular weight is 554 g/mol. The third-order valence-electron chi connectivity index (χ3n) is 5.94. The quantitative estimate of drug-likeness (QED) is 0.186. The fourth-order valence-electron chi connectivity index (χ4n) is 4.33. The Morgan fingerprint density at radius 3 is 2.27 bits per heavy atom. The molecule has 0 unspecified atom stereocenters. The summed E-state index contributed by atoms with van der Waals surface area (Å²) >= 11 is 0. The van der Waals surface area contributed by atoms with Crippen LogP contribution in [0, 0.1) is 13.8 Å². The van der Waals surface area contributed by atoms with E-state index in [2.05, 4.69) is 10.3 Å². The van der Waals surface area contributed by atoms with Crippen LogP contribution < -0.4 is 15.7 Å². The van der Waals surface area contributed by atoms with Gasteiger partial charge < -0.3 is 14.3 Å². The van der Waals surface area contributed by atoms with E-state index in [4.69, 9.17) is 4.42 Å². The molecule has 1 heterocycles. The third-order valence-corrected chi connectivity index (χ3v) is 7.66. The summed E-state index contributed by atoms with van der Waals surface area (Å²) in [6, 6.07) is 10.3. The Morgan fingerprint density at radius 2 is 1.68 bits per heavy atom. The molecule has 0 atom stereocenters. The van der Waals surface area contributed by atoms with Gasteiger partial charge in [0, 0.05) is 75.5 Å². The molecule has 12 heteroatoms. The molecule has 0 spiro atoms. The van der Waals surface area contributed by atoms with Crippen molar-refractivity contribution in [2.75, 3.05) is 18.4 Å². The van der Waals surface area contributed by atoms with Crippen molar-refractivity contribution in [2.24, 2.45) is 0 Å². The molecule has 0 saturated heterocycles. The van der Waals surface area contributed by atoms with Gasteiger partial charge in [-0.3, -0.25) is 4.55 Å². The molecule has 3 N–H and O–H groups in total. The van der Waals surface area contributed by atoms with Crippen molar-refractivity contribution in [3.8, 4) is 22.5 Å². The summed E-state index contributed by atoms with van der Waals surface area (Å²) in [6.07, 6.45) is 0. The van der Waals surface area contributed by atoms with Crippen LogP contribution in [0.4, 0.5) is 5.69 Å². The number of rotatable bonds is 6. The summed E-state index contributed by atoms with van der Waals surface area (Å²) in [5, 5.41) is 4.64. The Hall–Kier alpha value is -2.25. The van der Waals surface area contributed by atoms with Crippen molar-refractivity contribution >= 4 is 66.5 Å². The Labute approximate surface area is 237 Å². The van der Waals surface area contributed by atoms with Crippen LogP contribution in [-0.2, 0) is 20.2 Å². The van der Waals surface area contributed by atoms with Crippen LogP contribution >= 0.6 is 0 Å². The molecule has 2 aromatic rings. The van der Waals surface area contributed by atoms with Crippen molar-refractivity contribution in [1.29, 1.82) is 0 Å². The van der Waals surface area contributed by atoms with E-state index in [1.807, 2.05) is 52.0 Å². The molecule has 0 bridgehead atoms. The zero-order valence-electron chi connectivity index (χ0n) is 21.2. The Bertz CT molecular complexity index is 1760. The molecule has 37 heavy (non-hydrogen) atoms. The maximum atomic E-state index is 12.3. The van der Waals surface area contributed by atoms with Gasteiger partial charge in [-0.2, -0.15) is 8.42 Å². The molecule has 0 amide bonds. The molecule has 0 saturated carbocycles. The number of hydrogen-bond donors (Lipinski definition) is 3. The molecule has 2 aromatic carbocycles. The van der Waals surface area contributed by atoms with Gasteiger partial charge in [-0.05, 0) is 57.5 Å². The van der Waals surface area contributed by atoms with Crippen molar-refractivity contribution in [3.63, 3.8) is 0 Å². The fraction of sp³-hybridized carbons (Fsp3) is 0.240. The number of anilines is 1. The third kappa shape index (κ3) is 5.78. The number of hydrogen-bond acceptors (Lipinski definition) is 7. The molecular weight excluding hydrogens is 527 g/mol. The minimum atomic E-state index is -5.14. The van der Waals surface area contributed by atoms with Gasteiger partial charge in [0.05, 0.1) is 15.9 Å². The smallest absolute Gasteiger partial charge is 0.294 e. The van der Waals surface area contributed by atoms with Crippen LogP contribution in [0.2, 0.25) is 0 Å². The van der Waals surface area contributed by atoms with Crippen molar-refractivity contribution < 1.29 is 35.4 Å². The van der Waals surface area contributed by atoms with E-state index in [-0.39, 0.29) is 35.1 Å². The van der Waals surface area contributed by atoms with Gasteiger partial charge in [-0.1, -0.05) is 6.07 Å². The molecule has 9 nitrogen and oxygen atoms in total. The van der Waals surface area contributed by atoms with E-state index in [0.29, 0.717) is 47.0 Å². The van der Waals surface area contributed by atoms with Gasteiger partial charge in [0.15, 0.2) is 0 Å². The second kappa shape index (κ2) is 10.9. The Balaban J connectivity index is 0.00000380. The first-order valence-corrected chi connectivity index (χ1v) is 14.1.